The molecule has 126 valence electrons. The molecular weight excluding hydrogens is 324 g/mol. The number of carbonyl (C=O) groups is 1. The summed E-state index contributed by atoms with van der Waals surface area (Å²) in [6.07, 6.45) is 2.74. The van der Waals surface area contributed by atoms with E-state index in [4.69, 9.17) is 11.6 Å². The molecule has 1 fully saturated rings. The van der Waals surface area contributed by atoms with E-state index in [0.29, 0.717) is 18.2 Å². The summed E-state index contributed by atoms with van der Waals surface area (Å²) in [7, 11) is 0. The van der Waals surface area contributed by atoms with Crippen molar-refractivity contribution in [3.63, 3.8) is 0 Å². The van der Waals surface area contributed by atoms with Crippen LogP contribution in [-0.2, 0) is 11.2 Å². The van der Waals surface area contributed by atoms with E-state index in [1.165, 1.54) is 5.56 Å². The molecule has 1 atom stereocenters. The molecule has 3 rings (SSSR count). The molecule has 1 unspecified atom stereocenters. The first kappa shape index (κ1) is 16.7. The number of anilines is 1. The van der Waals surface area contributed by atoms with Crippen LogP contribution in [0.25, 0.3) is 0 Å². The van der Waals surface area contributed by atoms with Crippen molar-refractivity contribution in [1.29, 1.82) is 0 Å². The molecule has 5 nitrogen and oxygen atoms in total. The number of benzene rings is 1. The quantitative estimate of drug-likeness (QED) is 0.906. The Bertz CT molecular complexity index is 662. The predicted octanol–water partition coefficient (Wildman–Crippen LogP) is 2.71. The standard InChI is InChI=1S/C18H21ClN4O/c19-16-8-9-17(22-21-16)23-12-4-7-15(13-23)18(24)20-11-10-14-5-2-1-3-6-14/h1-3,5-6,8-9,15H,4,7,10-13H2,(H,20,24). The third kappa shape index (κ3) is 4.45. The molecule has 24 heavy (non-hydrogen) atoms. The Morgan fingerprint density at radius 2 is 2.04 bits per heavy atom. The highest BCUT2D eigenvalue weighted by Crippen LogP contribution is 2.21. The molecule has 1 amide bonds. The maximum Gasteiger partial charge on any atom is 0.224 e. The van der Waals surface area contributed by atoms with E-state index in [1.807, 2.05) is 24.3 Å². The minimum absolute atomic E-state index is 0.00741. The van der Waals surface area contributed by atoms with Gasteiger partial charge >= 0.3 is 0 Å². The first-order valence-electron chi connectivity index (χ1n) is 8.28. The van der Waals surface area contributed by atoms with Gasteiger partial charge in [-0.1, -0.05) is 41.9 Å². The molecule has 0 radical (unpaired) electrons. The molecule has 1 aliphatic heterocycles. The van der Waals surface area contributed by atoms with Gasteiger partial charge in [-0.05, 0) is 37.0 Å². The minimum Gasteiger partial charge on any atom is -0.355 e. The topological polar surface area (TPSA) is 58.1 Å². The molecule has 0 bridgehead atoms. The van der Waals surface area contributed by atoms with E-state index in [2.05, 4.69) is 32.5 Å². The molecule has 6 heteroatoms. The lowest BCUT2D eigenvalue weighted by molar-refractivity contribution is -0.125. The third-order valence-corrected chi connectivity index (χ3v) is 4.49. The van der Waals surface area contributed by atoms with Gasteiger partial charge in [0.15, 0.2) is 11.0 Å². The lowest BCUT2D eigenvalue weighted by Crippen LogP contribution is -2.43. The van der Waals surface area contributed by atoms with Gasteiger partial charge in [-0.2, -0.15) is 0 Å². The van der Waals surface area contributed by atoms with Crippen LogP contribution in [0.2, 0.25) is 5.15 Å². The summed E-state index contributed by atoms with van der Waals surface area (Å²) >= 11 is 5.78. The van der Waals surface area contributed by atoms with Crippen LogP contribution in [-0.4, -0.2) is 35.7 Å². The monoisotopic (exact) mass is 344 g/mol. The maximum absolute atomic E-state index is 12.4. The van der Waals surface area contributed by atoms with Gasteiger partial charge < -0.3 is 10.2 Å². The van der Waals surface area contributed by atoms with Crippen LogP contribution in [0, 0.1) is 5.92 Å². The number of carbonyl (C=O) groups excluding carboxylic acids is 1. The number of aromatic nitrogens is 2. The van der Waals surface area contributed by atoms with Crippen LogP contribution in [0.5, 0.6) is 0 Å². The Hall–Kier alpha value is -2.14. The van der Waals surface area contributed by atoms with Gasteiger partial charge in [0.05, 0.1) is 5.92 Å². The lowest BCUT2D eigenvalue weighted by atomic mass is 9.97. The lowest BCUT2D eigenvalue weighted by Gasteiger charge is -2.32. The summed E-state index contributed by atoms with van der Waals surface area (Å²) in [6, 6.07) is 13.8. The Morgan fingerprint density at radius 3 is 2.79 bits per heavy atom. The molecule has 2 heterocycles. The Morgan fingerprint density at radius 1 is 1.21 bits per heavy atom. The minimum atomic E-state index is -0.00741. The number of nitrogens with one attached hydrogen (secondary N) is 1. The zero-order valence-corrected chi connectivity index (χ0v) is 14.2. The van der Waals surface area contributed by atoms with E-state index in [0.717, 1.165) is 31.6 Å². The van der Waals surface area contributed by atoms with E-state index >= 15 is 0 Å². The highest BCUT2D eigenvalue weighted by Gasteiger charge is 2.26. The summed E-state index contributed by atoms with van der Waals surface area (Å²) < 4.78 is 0. The maximum atomic E-state index is 12.4. The molecule has 1 aromatic carbocycles. The van der Waals surface area contributed by atoms with Gasteiger partial charge in [-0.25, -0.2) is 0 Å². The van der Waals surface area contributed by atoms with Crippen molar-refractivity contribution in [2.75, 3.05) is 24.5 Å². The van der Waals surface area contributed by atoms with Gasteiger partial charge in [0.2, 0.25) is 5.91 Å². The van der Waals surface area contributed by atoms with Crippen LogP contribution in [0.3, 0.4) is 0 Å². The van der Waals surface area contributed by atoms with Crippen molar-refractivity contribution in [2.24, 2.45) is 5.92 Å². The van der Waals surface area contributed by atoms with Crippen molar-refractivity contribution >= 4 is 23.3 Å². The van der Waals surface area contributed by atoms with E-state index in [1.54, 1.807) is 6.07 Å². The van der Waals surface area contributed by atoms with E-state index in [-0.39, 0.29) is 11.8 Å². The van der Waals surface area contributed by atoms with Gasteiger partial charge in [-0.3, -0.25) is 4.79 Å². The fourth-order valence-electron chi connectivity index (χ4n) is 3.00. The highest BCUT2D eigenvalue weighted by atomic mass is 35.5. The smallest absolute Gasteiger partial charge is 0.224 e. The molecule has 2 aromatic rings. The Balaban J connectivity index is 1.50. The number of piperidine rings is 1. The summed E-state index contributed by atoms with van der Waals surface area (Å²) in [5.74, 6) is 0.894. The zero-order chi connectivity index (χ0) is 16.8. The molecule has 0 aliphatic carbocycles. The number of nitrogens with zero attached hydrogens (tertiary/aromatic N) is 3. The number of rotatable bonds is 5. The molecule has 0 spiro atoms. The van der Waals surface area contributed by atoms with Crippen molar-refractivity contribution in [2.45, 2.75) is 19.3 Å². The number of amides is 1. The molecule has 1 aromatic heterocycles. The summed E-state index contributed by atoms with van der Waals surface area (Å²) in [6.45, 7) is 2.23. The first-order valence-corrected chi connectivity index (χ1v) is 8.66. The van der Waals surface area contributed by atoms with Crippen LogP contribution in [0.1, 0.15) is 18.4 Å². The molecule has 1 N–H and O–H groups in total. The van der Waals surface area contributed by atoms with Gasteiger partial charge in [0.25, 0.3) is 0 Å². The molecular formula is C18H21ClN4O. The van der Waals surface area contributed by atoms with Crippen molar-refractivity contribution in [3.05, 3.63) is 53.2 Å². The first-order chi connectivity index (χ1) is 11.7. The average molecular weight is 345 g/mol. The SMILES string of the molecule is O=C(NCCc1ccccc1)C1CCCN(c2ccc(Cl)nn2)C1. The summed E-state index contributed by atoms with van der Waals surface area (Å²) in [4.78, 5) is 14.5. The largest absolute Gasteiger partial charge is 0.355 e. The van der Waals surface area contributed by atoms with Gasteiger partial charge in [0.1, 0.15) is 0 Å². The Kier molecular flexibility index (Phi) is 5.64. The fourth-order valence-corrected chi connectivity index (χ4v) is 3.10. The molecule has 0 saturated carbocycles. The second kappa shape index (κ2) is 8.11. The van der Waals surface area contributed by atoms with Gasteiger partial charge in [0, 0.05) is 19.6 Å². The summed E-state index contributed by atoms with van der Waals surface area (Å²) in [5.41, 5.74) is 1.24. The molecule has 1 saturated heterocycles. The Labute approximate surface area is 147 Å². The van der Waals surface area contributed by atoms with Gasteiger partial charge in [-0.15, -0.1) is 10.2 Å². The number of hydrogen-bond acceptors (Lipinski definition) is 4. The summed E-state index contributed by atoms with van der Waals surface area (Å²) in [5, 5.41) is 11.4. The van der Waals surface area contributed by atoms with Crippen LogP contribution < -0.4 is 10.2 Å². The normalized spacial score (nSPS) is 17.5. The number of halogens is 1. The molecule has 1 aliphatic rings. The van der Waals surface area contributed by atoms with Crippen LogP contribution >= 0.6 is 11.6 Å². The van der Waals surface area contributed by atoms with Crippen molar-refractivity contribution < 1.29 is 4.79 Å². The van der Waals surface area contributed by atoms with Crippen LogP contribution in [0.4, 0.5) is 5.82 Å². The second-order valence-electron chi connectivity index (χ2n) is 6.03. The zero-order valence-electron chi connectivity index (χ0n) is 13.5. The van der Waals surface area contributed by atoms with Crippen molar-refractivity contribution in [1.82, 2.24) is 15.5 Å². The average Bonchev–Trinajstić information content (AvgIpc) is 2.63. The van der Waals surface area contributed by atoms with E-state index < -0.39 is 0 Å². The highest BCUT2D eigenvalue weighted by molar-refractivity contribution is 6.29. The third-order valence-electron chi connectivity index (χ3n) is 4.29. The van der Waals surface area contributed by atoms with Crippen LogP contribution in [0.15, 0.2) is 42.5 Å². The van der Waals surface area contributed by atoms with E-state index in [9.17, 15) is 4.79 Å². The second-order valence-corrected chi connectivity index (χ2v) is 6.41. The number of hydrogen-bond donors (Lipinski definition) is 1. The van der Waals surface area contributed by atoms with Crippen molar-refractivity contribution in [3.8, 4) is 0 Å². The fraction of sp³-hybridized carbons (Fsp3) is 0.389. The predicted molar refractivity (Wildman–Crippen MR) is 95.1 cm³/mol.